The number of aliphatic hydroxyl groups is 1. The molecule has 5 rings (SSSR count). The van der Waals surface area contributed by atoms with Crippen molar-refractivity contribution in [2.75, 3.05) is 5.32 Å². The predicted octanol–water partition coefficient (Wildman–Crippen LogP) is 1.79. The second-order valence-electron chi connectivity index (χ2n) is 11.9. The van der Waals surface area contributed by atoms with Crippen LogP contribution in [-0.2, 0) is 35.2 Å². The number of anilines is 1. The number of rotatable bonds is 6. The van der Waals surface area contributed by atoms with Gasteiger partial charge in [0.25, 0.3) is 5.91 Å². The highest BCUT2D eigenvalue weighted by molar-refractivity contribution is 6.40. The number of phenols is 1. The lowest BCUT2D eigenvalue weighted by Crippen LogP contribution is -2.71. The SMILES string of the molecule is CCC(=O)C(=O)Nc1ccc(-c2ccc(O)c3c2C[C@H]2C[C@H]4[C@H](C(C)C)C(=O)C(C(N)=O)C(=O)[C@@]4(O)C(=O)C2C3=O)cc1. The van der Waals surface area contributed by atoms with E-state index in [1.807, 2.05) is 0 Å². The van der Waals surface area contributed by atoms with Gasteiger partial charge in [-0.2, -0.15) is 0 Å². The van der Waals surface area contributed by atoms with Crippen molar-refractivity contribution >= 4 is 46.4 Å². The van der Waals surface area contributed by atoms with E-state index < -0.39 is 81.8 Å². The van der Waals surface area contributed by atoms with Crippen LogP contribution in [0.1, 0.15) is 49.5 Å². The summed E-state index contributed by atoms with van der Waals surface area (Å²) in [5.41, 5.74) is 4.58. The molecule has 2 saturated carbocycles. The van der Waals surface area contributed by atoms with Crippen LogP contribution in [0.25, 0.3) is 11.1 Å². The monoisotopic (exact) mass is 588 g/mol. The summed E-state index contributed by atoms with van der Waals surface area (Å²) < 4.78 is 0. The molecule has 2 unspecified atom stereocenters. The summed E-state index contributed by atoms with van der Waals surface area (Å²) in [6.45, 7) is 4.96. The van der Waals surface area contributed by atoms with E-state index in [4.69, 9.17) is 5.73 Å². The summed E-state index contributed by atoms with van der Waals surface area (Å²) >= 11 is 0. The summed E-state index contributed by atoms with van der Waals surface area (Å²) in [5.74, 6) is -13.6. The van der Waals surface area contributed by atoms with Crippen molar-refractivity contribution in [3.63, 3.8) is 0 Å². The number of nitrogens with two attached hydrogens (primary N) is 1. The van der Waals surface area contributed by atoms with E-state index in [0.29, 0.717) is 22.4 Å². The molecule has 3 aliphatic rings. The predicted molar refractivity (Wildman–Crippen MR) is 152 cm³/mol. The maximum absolute atomic E-state index is 14.0. The van der Waals surface area contributed by atoms with Gasteiger partial charge in [-0.15, -0.1) is 0 Å². The van der Waals surface area contributed by atoms with E-state index in [9.17, 15) is 43.8 Å². The first-order valence-corrected chi connectivity index (χ1v) is 14.2. The first-order chi connectivity index (χ1) is 20.2. The van der Waals surface area contributed by atoms with Crippen LogP contribution in [-0.4, -0.2) is 56.5 Å². The summed E-state index contributed by atoms with van der Waals surface area (Å²) in [6.07, 6.45) is 0.172. The van der Waals surface area contributed by atoms with Gasteiger partial charge in [0.05, 0.1) is 11.5 Å². The molecule has 0 aromatic heterocycles. The Kier molecular flexibility index (Phi) is 7.42. The number of carbonyl (C=O) groups excluding carboxylic acids is 7. The lowest BCUT2D eigenvalue weighted by Gasteiger charge is -2.52. The minimum Gasteiger partial charge on any atom is -0.507 e. The van der Waals surface area contributed by atoms with Gasteiger partial charge in [0.1, 0.15) is 5.75 Å². The number of ketones is 5. The van der Waals surface area contributed by atoms with Crippen molar-refractivity contribution in [1.82, 2.24) is 0 Å². The van der Waals surface area contributed by atoms with E-state index in [1.54, 1.807) is 51.1 Å². The number of nitrogens with one attached hydrogen (secondary N) is 1. The molecule has 43 heavy (non-hydrogen) atoms. The van der Waals surface area contributed by atoms with E-state index in [0.717, 1.165) is 0 Å². The Morgan fingerprint density at radius 3 is 2.26 bits per heavy atom. The van der Waals surface area contributed by atoms with Gasteiger partial charge in [-0.1, -0.05) is 39.0 Å². The second-order valence-corrected chi connectivity index (χ2v) is 11.9. The minimum absolute atomic E-state index is 0.0184. The number of fused-ring (bicyclic) bond motifs is 3. The lowest BCUT2D eigenvalue weighted by molar-refractivity contribution is -0.182. The summed E-state index contributed by atoms with van der Waals surface area (Å²) in [6, 6.07) is 9.48. The van der Waals surface area contributed by atoms with Crippen LogP contribution < -0.4 is 11.1 Å². The standard InChI is InChI=1S/C32H32N2O9/c1-4-20(35)31(42)34-16-7-5-14(6-8-16)17-9-10-21(36)24-18(17)11-15-12-19-22(13(2)3)26(37)25(30(33)41)29(40)32(19,43)28(39)23(15)27(24)38/h5-10,13,15,19,22-23,25,36,43H,4,11-12H2,1-3H3,(H2,33,41)(H,34,42)/t15-,19-,22-,23?,25?,32-/m0/s1. The highest BCUT2D eigenvalue weighted by atomic mass is 16.3. The molecule has 6 atom stereocenters. The Labute approximate surface area is 246 Å². The molecule has 2 fully saturated rings. The topological polar surface area (TPSA) is 198 Å². The molecule has 2 aromatic rings. The van der Waals surface area contributed by atoms with Crippen LogP contribution in [0.3, 0.4) is 0 Å². The Bertz CT molecular complexity index is 1610. The first-order valence-electron chi connectivity index (χ1n) is 14.2. The maximum atomic E-state index is 14.0. The highest BCUT2D eigenvalue weighted by Gasteiger charge is 2.69. The zero-order chi connectivity index (χ0) is 31.5. The Balaban J connectivity index is 1.56. The smallest absolute Gasteiger partial charge is 0.291 e. The van der Waals surface area contributed by atoms with E-state index in [-0.39, 0.29) is 30.6 Å². The number of phenolic OH excluding ortho intramolecular Hbond substituents is 1. The number of primary amides is 1. The van der Waals surface area contributed by atoms with Crippen molar-refractivity contribution in [3.05, 3.63) is 47.5 Å². The highest BCUT2D eigenvalue weighted by Crippen LogP contribution is 2.53. The number of Topliss-reactive ketones (excluding diaryl/α,β-unsaturated/α-hetero) is 5. The van der Waals surface area contributed by atoms with Crippen LogP contribution in [0.5, 0.6) is 5.75 Å². The van der Waals surface area contributed by atoms with Gasteiger partial charge in [-0.25, -0.2) is 0 Å². The van der Waals surface area contributed by atoms with Crippen molar-refractivity contribution in [3.8, 4) is 16.9 Å². The zero-order valence-corrected chi connectivity index (χ0v) is 23.9. The fraction of sp³-hybridized carbons (Fsp3) is 0.406. The Morgan fingerprint density at radius 1 is 1.02 bits per heavy atom. The Hall–Kier alpha value is -4.51. The molecule has 5 N–H and O–H groups in total. The van der Waals surface area contributed by atoms with Gasteiger partial charge in [0.2, 0.25) is 11.7 Å². The molecule has 224 valence electrons. The molecule has 0 bridgehead atoms. The molecule has 0 radical (unpaired) electrons. The molecule has 11 heteroatoms. The van der Waals surface area contributed by atoms with E-state index >= 15 is 0 Å². The van der Waals surface area contributed by atoms with Crippen LogP contribution >= 0.6 is 0 Å². The number of aromatic hydroxyl groups is 1. The Morgan fingerprint density at radius 2 is 1.67 bits per heavy atom. The first kappa shape index (κ1) is 30.0. The second kappa shape index (κ2) is 10.6. The van der Waals surface area contributed by atoms with Crippen molar-refractivity contribution in [2.24, 2.45) is 41.2 Å². The number of hydrogen-bond acceptors (Lipinski definition) is 9. The van der Waals surface area contributed by atoms with Crippen LogP contribution in [0.4, 0.5) is 5.69 Å². The fourth-order valence-electron chi connectivity index (χ4n) is 7.22. The molecule has 2 aromatic carbocycles. The number of carbonyl (C=O) groups is 7. The summed E-state index contributed by atoms with van der Waals surface area (Å²) in [5, 5.41) is 25.0. The average Bonchev–Trinajstić information content (AvgIpc) is 2.94. The fourth-order valence-corrected chi connectivity index (χ4v) is 7.22. The lowest BCUT2D eigenvalue weighted by atomic mass is 9.49. The third-order valence-electron chi connectivity index (χ3n) is 9.22. The molecule has 11 nitrogen and oxygen atoms in total. The summed E-state index contributed by atoms with van der Waals surface area (Å²) in [4.78, 5) is 90.3. The maximum Gasteiger partial charge on any atom is 0.291 e. The number of hydrogen-bond donors (Lipinski definition) is 4. The van der Waals surface area contributed by atoms with E-state index in [2.05, 4.69) is 5.32 Å². The van der Waals surface area contributed by atoms with Gasteiger partial charge < -0.3 is 21.3 Å². The third kappa shape index (κ3) is 4.50. The molecule has 2 amide bonds. The van der Waals surface area contributed by atoms with E-state index in [1.165, 1.54) is 6.07 Å². The molecular formula is C32H32N2O9. The molecular weight excluding hydrogens is 556 g/mol. The van der Waals surface area contributed by atoms with Gasteiger partial charge >= 0.3 is 0 Å². The third-order valence-corrected chi connectivity index (χ3v) is 9.22. The van der Waals surface area contributed by atoms with Crippen molar-refractivity contribution in [1.29, 1.82) is 0 Å². The molecule has 0 heterocycles. The van der Waals surface area contributed by atoms with Crippen molar-refractivity contribution in [2.45, 2.75) is 45.6 Å². The van der Waals surface area contributed by atoms with Gasteiger partial charge in [-0.3, -0.25) is 33.6 Å². The quantitative estimate of drug-likeness (QED) is 0.287. The van der Waals surface area contributed by atoms with Crippen LogP contribution in [0.2, 0.25) is 0 Å². The summed E-state index contributed by atoms with van der Waals surface area (Å²) in [7, 11) is 0. The van der Waals surface area contributed by atoms with Crippen molar-refractivity contribution < 1.29 is 43.8 Å². The van der Waals surface area contributed by atoms with Crippen LogP contribution in [0.15, 0.2) is 36.4 Å². The largest absolute Gasteiger partial charge is 0.507 e. The van der Waals surface area contributed by atoms with Gasteiger partial charge in [0.15, 0.2) is 34.7 Å². The average molecular weight is 589 g/mol. The van der Waals surface area contributed by atoms with Gasteiger partial charge in [0, 0.05) is 23.9 Å². The number of amides is 2. The molecule has 0 aliphatic heterocycles. The molecule has 0 saturated heterocycles. The normalized spacial score (nSPS) is 28.2. The molecule has 3 aliphatic carbocycles. The number of benzene rings is 2. The minimum atomic E-state index is -2.75. The van der Waals surface area contributed by atoms with Gasteiger partial charge in [-0.05, 0) is 59.6 Å². The zero-order valence-electron chi connectivity index (χ0n) is 23.9. The van der Waals surface area contributed by atoms with Crippen LogP contribution in [0, 0.1) is 35.5 Å². The molecule has 0 spiro atoms.